The molecule has 0 aliphatic carbocycles. The van der Waals surface area contributed by atoms with Gasteiger partial charge >= 0.3 is 5.97 Å². The maximum Gasteiger partial charge on any atom is 0.305 e. The molecule has 3 rings (SSSR count). The van der Waals surface area contributed by atoms with Gasteiger partial charge in [-0.05, 0) is 52.6 Å². The zero-order valence-corrected chi connectivity index (χ0v) is 17.6. The van der Waals surface area contributed by atoms with Gasteiger partial charge in [0, 0.05) is 24.4 Å². The van der Waals surface area contributed by atoms with E-state index in [-0.39, 0.29) is 6.42 Å². The van der Waals surface area contributed by atoms with Gasteiger partial charge in [-0.15, -0.1) is 0 Å². The van der Waals surface area contributed by atoms with Crippen molar-refractivity contribution < 1.29 is 28.9 Å². The minimum Gasteiger partial charge on any atom is -0.481 e. The molecule has 0 fully saturated rings. The van der Waals surface area contributed by atoms with Crippen molar-refractivity contribution in [2.45, 2.75) is 25.0 Å². The monoisotopic (exact) mass is 451 g/mol. The highest BCUT2D eigenvalue weighted by atomic mass is 19.1. The van der Waals surface area contributed by atoms with Crippen molar-refractivity contribution in [2.75, 3.05) is 0 Å². The molecule has 2 aromatic carbocycles. The summed E-state index contributed by atoms with van der Waals surface area (Å²) in [5.41, 5.74) is 3.28. The topological polar surface area (TPSA) is 90.7 Å². The van der Waals surface area contributed by atoms with E-state index in [0.29, 0.717) is 27.8 Å². The number of rotatable bonds is 9. The molecule has 33 heavy (non-hydrogen) atoms. The van der Waals surface area contributed by atoms with Crippen LogP contribution in [0.2, 0.25) is 0 Å². The number of allylic oxidation sites excluding steroid dienone is 2. The Labute approximate surface area is 190 Å². The maximum atomic E-state index is 13.6. The van der Waals surface area contributed by atoms with Crippen LogP contribution in [-0.2, 0) is 4.79 Å². The molecule has 3 aromatic rings. The van der Waals surface area contributed by atoms with E-state index in [1.807, 2.05) is 6.07 Å². The van der Waals surface area contributed by atoms with Gasteiger partial charge in [0.05, 0.1) is 18.6 Å². The number of nitrogens with zero attached hydrogens (tertiary/aromatic N) is 1. The van der Waals surface area contributed by atoms with Crippen LogP contribution < -0.4 is 0 Å². The van der Waals surface area contributed by atoms with Gasteiger partial charge in [0.15, 0.2) is 0 Å². The van der Waals surface area contributed by atoms with Crippen molar-refractivity contribution in [1.82, 2.24) is 4.98 Å². The average molecular weight is 451 g/mol. The Balaban J connectivity index is 2.12. The van der Waals surface area contributed by atoms with E-state index in [2.05, 4.69) is 4.98 Å². The smallest absolute Gasteiger partial charge is 0.305 e. The van der Waals surface area contributed by atoms with Gasteiger partial charge in [0.25, 0.3) is 0 Å². The van der Waals surface area contributed by atoms with Crippen molar-refractivity contribution in [2.24, 2.45) is 0 Å². The Bertz CT molecular complexity index is 1080. The lowest BCUT2D eigenvalue weighted by molar-refractivity contribution is -0.139. The minimum atomic E-state index is -1.21. The first-order valence-electron chi connectivity index (χ1n) is 10.3. The van der Waals surface area contributed by atoms with E-state index in [0.717, 1.165) is 0 Å². The van der Waals surface area contributed by atoms with Crippen LogP contribution in [0.4, 0.5) is 8.78 Å². The molecule has 5 nitrogen and oxygen atoms in total. The van der Waals surface area contributed by atoms with E-state index >= 15 is 0 Å². The Morgan fingerprint density at radius 2 is 1.48 bits per heavy atom. The van der Waals surface area contributed by atoms with Gasteiger partial charge in [-0.2, -0.15) is 0 Å². The molecular weight excluding hydrogens is 428 g/mol. The van der Waals surface area contributed by atoms with Crippen molar-refractivity contribution in [3.63, 3.8) is 0 Å². The number of hydrogen-bond acceptors (Lipinski definition) is 4. The van der Waals surface area contributed by atoms with Crippen LogP contribution in [-0.4, -0.2) is 38.5 Å². The molecule has 0 aliphatic heterocycles. The Morgan fingerprint density at radius 1 is 0.909 bits per heavy atom. The zero-order valence-electron chi connectivity index (χ0n) is 17.6. The van der Waals surface area contributed by atoms with Crippen molar-refractivity contribution in [1.29, 1.82) is 0 Å². The molecule has 0 aliphatic rings. The van der Waals surface area contributed by atoms with Gasteiger partial charge in [-0.25, -0.2) is 8.78 Å². The predicted octanol–water partition coefficient (Wildman–Crippen LogP) is 4.46. The van der Waals surface area contributed by atoms with Crippen LogP contribution in [0.25, 0.3) is 11.1 Å². The molecule has 170 valence electrons. The normalized spacial score (nSPS) is 13.0. The number of aliphatic hydroxyl groups is 2. The summed E-state index contributed by atoms with van der Waals surface area (Å²) >= 11 is 0. The molecule has 3 N–H and O–H groups in total. The number of carboxylic acid groups (broad SMARTS) is 1. The zero-order chi connectivity index (χ0) is 23.8. The summed E-state index contributed by atoms with van der Waals surface area (Å²) in [5.74, 6) is -1.97. The third-order valence-corrected chi connectivity index (χ3v) is 4.92. The number of carboxylic acids is 1. The molecule has 1 aromatic heterocycles. The van der Waals surface area contributed by atoms with E-state index in [1.165, 1.54) is 30.3 Å². The number of aliphatic hydroxyl groups excluding tert-OH is 2. The largest absolute Gasteiger partial charge is 0.481 e. The standard InChI is InChI=1S/C26H23F2NO4/c27-20-7-3-17(4-8-20)26(18-5-9-21(28)10-6-18)24(19-2-1-13-29-16-19)12-11-22(30)14-23(31)15-25(32)33/h1-13,16,22-23,30-31H,14-15H2,(H,32,33)/b12-11+. The Hall–Kier alpha value is -3.68. The fourth-order valence-electron chi connectivity index (χ4n) is 3.41. The summed E-state index contributed by atoms with van der Waals surface area (Å²) in [6, 6.07) is 15.2. The summed E-state index contributed by atoms with van der Waals surface area (Å²) < 4.78 is 27.2. The van der Waals surface area contributed by atoms with Crippen molar-refractivity contribution in [3.8, 4) is 0 Å². The van der Waals surface area contributed by atoms with Crippen LogP contribution in [0, 0.1) is 11.6 Å². The number of aliphatic carboxylic acids is 1. The van der Waals surface area contributed by atoms with Crippen LogP contribution in [0.1, 0.15) is 29.5 Å². The number of aromatic nitrogens is 1. The van der Waals surface area contributed by atoms with Gasteiger partial charge in [0.1, 0.15) is 11.6 Å². The molecular formula is C26H23F2NO4. The van der Waals surface area contributed by atoms with Gasteiger partial charge in [0.2, 0.25) is 0 Å². The van der Waals surface area contributed by atoms with Crippen molar-refractivity contribution >= 4 is 17.1 Å². The first kappa shape index (κ1) is 24.0. The summed E-state index contributed by atoms with van der Waals surface area (Å²) in [4.78, 5) is 14.9. The summed E-state index contributed by atoms with van der Waals surface area (Å²) in [6.45, 7) is 0. The van der Waals surface area contributed by atoms with E-state index in [1.54, 1.807) is 48.8 Å². The molecule has 1 heterocycles. The summed E-state index contributed by atoms with van der Waals surface area (Å²) in [5, 5.41) is 29.0. The first-order chi connectivity index (χ1) is 15.8. The molecule has 0 spiro atoms. The lowest BCUT2D eigenvalue weighted by Crippen LogP contribution is -2.19. The van der Waals surface area contributed by atoms with Gasteiger partial charge in [-0.1, -0.05) is 42.5 Å². The van der Waals surface area contributed by atoms with Gasteiger partial charge in [-0.3, -0.25) is 9.78 Å². The first-order valence-corrected chi connectivity index (χ1v) is 10.3. The summed E-state index contributed by atoms with van der Waals surface area (Å²) in [6.07, 6.45) is 3.35. The molecule has 0 radical (unpaired) electrons. The quantitative estimate of drug-likeness (QED) is 0.418. The van der Waals surface area contributed by atoms with Gasteiger partial charge < -0.3 is 15.3 Å². The molecule has 2 unspecified atom stereocenters. The minimum absolute atomic E-state index is 0.161. The molecule has 7 heteroatoms. The Kier molecular flexibility index (Phi) is 8.18. The molecule has 0 saturated carbocycles. The highest BCUT2D eigenvalue weighted by molar-refractivity contribution is 6.02. The second-order valence-electron chi connectivity index (χ2n) is 7.46. The second-order valence-corrected chi connectivity index (χ2v) is 7.46. The lowest BCUT2D eigenvalue weighted by atomic mass is 9.89. The number of benzene rings is 2. The highest BCUT2D eigenvalue weighted by Crippen LogP contribution is 2.33. The molecule has 0 bridgehead atoms. The Morgan fingerprint density at radius 3 is 1.97 bits per heavy atom. The van der Waals surface area contributed by atoms with E-state index in [4.69, 9.17) is 5.11 Å². The lowest BCUT2D eigenvalue weighted by Gasteiger charge is -2.16. The van der Waals surface area contributed by atoms with Crippen LogP contribution in [0.5, 0.6) is 0 Å². The SMILES string of the molecule is O=C(O)CC(O)CC(O)/C=C/C(=C(c1ccc(F)cc1)c1ccc(F)cc1)c1cccnc1. The fraction of sp³-hybridized carbons (Fsp3) is 0.154. The summed E-state index contributed by atoms with van der Waals surface area (Å²) in [7, 11) is 0. The molecule has 0 saturated heterocycles. The number of carbonyl (C=O) groups is 1. The highest BCUT2D eigenvalue weighted by Gasteiger charge is 2.16. The molecule has 2 atom stereocenters. The molecule has 0 amide bonds. The number of halogens is 2. The number of pyridine rings is 1. The number of hydrogen-bond donors (Lipinski definition) is 3. The van der Waals surface area contributed by atoms with Crippen LogP contribution >= 0.6 is 0 Å². The van der Waals surface area contributed by atoms with Crippen LogP contribution in [0.3, 0.4) is 0 Å². The van der Waals surface area contributed by atoms with Crippen LogP contribution in [0.15, 0.2) is 85.2 Å². The second kappa shape index (κ2) is 11.3. The third kappa shape index (κ3) is 6.90. The average Bonchev–Trinajstić information content (AvgIpc) is 2.78. The predicted molar refractivity (Wildman–Crippen MR) is 121 cm³/mol. The van der Waals surface area contributed by atoms with E-state index in [9.17, 15) is 23.8 Å². The van der Waals surface area contributed by atoms with E-state index < -0.39 is 36.2 Å². The fourth-order valence-corrected chi connectivity index (χ4v) is 3.41. The maximum absolute atomic E-state index is 13.6. The third-order valence-electron chi connectivity index (χ3n) is 4.92. The van der Waals surface area contributed by atoms with Crippen molar-refractivity contribution in [3.05, 3.63) is 114 Å².